The molecule has 3 aromatic rings. The molecule has 1 spiro atoms. The van der Waals surface area contributed by atoms with Gasteiger partial charge in [-0.1, -0.05) is 12.1 Å². The molecule has 0 bridgehead atoms. The van der Waals surface area contributed by atoms with Gasteiger partial charge in [-0.05, 0) is 56.3 Å². The highest BCUT2D eigenvalue weighted by molar-refractivity contribution is 7.18. The summed E-state index contributed by atoms with van der Waals surface area (Å²) in [5, 5.41) is 4.35. The monoisotopic (exact) mass is 409 g/mol. The molecule has 2 fully saturated rings. The zero-order chi connectivity index (χ0) is 19.7. The number of para-hydroxylation sites is 1. The second kappa shape index (κ2) is 7.88. The van der Waals surface area contributed by atoms with Crippen molar-refractivity contribution in [2.45, 2.75) is 38.8 Å². The smallest absolute Gasteiger partial charge is 0.223 e. The molecule has 3 heterocycles. The average Bonchev–Trinajstić information content (AvgIpc) is 3.09. The Bertz CT molecular complexity index is 941. The molecule has 1 aromatic carbocycles. The van der Waals surface area contributed by atoms with E-state index in [0.29, 0.717) is 0 Å². The van der Waals surface area contributed by atoms with Crippen LogP contribution >= 0.6 is 11.3 Å². The van der Waals surface area contributed by atoms with Crippen LogP contribution < -0.4 is 5.32 Å². The molecule has 1 aliphatic heterocycles. The van der Waals surface area contributed by atoms with Crippen molar-refractivity contribution >= 4 is 27.5 Å². The number of fused-ring (bicyclic) bond motifs is 1. The molecule has 1 aliphatic carbocycles. The summed E-state index contributed by atoms with van der Waals surface area (Å²) >= 11 is 1.80. The third-order valence-electron chi connectivity index (χ3n) is 6.51. The summed E-state index contributed by atoms with van der Waals surface area (Å²) < 4.78 is 3.31. The number of hydrogen-bond acceptors (Lipinski definition) is 5. The largest absolute Gasteiger partial charge is 0.356 e. The number of amides is 1. The zero-order valence-corrected chi connectivity index (χ0v) is 17.4. The quantitative estimate of drug-likeness (QED) is 0.608. The Morgan fingerprint density at radius 1 is 1.28 bits per heavy atom. The number of nitrogens with zero attached hydrogens (tertiary/aromatic N) is 4. The molecule has 152 valence electrons. The fourth-order valence-corrected chi connectivity index (χ4v) is 5.63. The van der Waals surface area contributed by atoms with Crippen LogP contribution in [0.5, 0.6) is 0 Å². The number of aromatic nitrogens is 3. The van der Waals surface area contributed by atoms with Crippen molar-refractivity contribution in [1.82, 2.24) is 24.8 Å². The third kappa shape index (κ3) is 4.07. The Balaban J connectivity index is 1.06. The van der Waals surface area contributed by atoms with Gasteiger partial charge in [0.15, 0.2) is 0 Å². The van der Waals surface area contributed by atoms with E-state index in [4.69, 9.17) is 4.98 Å². The average molecular weight is 410 g/mol. The van der Waals surface area contributed by atoms with E-state index in [-0.39, 0.29) is 17.2 Å². The maximum atomic E-state index is 12.6. The molecule has 2 aromatic heterocycles. The van der Waals surface area contributed by atoms with Crippen molar-refractivity contribution in [2.24, 2.45) is 11.3 Å². The Kier molecular flexibility index (Phi) is 5.09. The van der Waals surface area contributed by atoms with Crippen molar-refractivity contribution < 1.29 is 4.79 Å². The van der Waals surface area contributed by atoms with Crippen molar-refractivity contribution in [3.63, 3.8) is 0 Å². The summed E-state index contributed by atoms with van der Waals surface area (Å²) in [6.45, 7) is 4.71. The first kappa shape index (κ1) is 18.8. The number of thiazole rings is 1. The highest BCUT2D eigenvalue weighted by atomic mass is 32.1. The van der Waals surface area contributed by atoms with E-state index >= 15 is 0 Å². The van der Waals surface area contributed by atoms with Crippen LogP contribution in [0.15, 0.2) is 43.0 Å². The van der Waals surface area contributed by atoms with Gasteiger partial charge in [0.2, 0.25) is 5.91 Å². The minimum atomic E-state index is 0.223. The Morgan fingerprint density at radius 2 is 2.14 bits per heavy atom. The number of rotatable bonds is 7. The second-order valence-corrected chi connectivity index (χ2v) is 9.53. The van der Waals surface area contributed by atoms with Gasteiger partial charge >= 0.3 is 0 Å². The van der Waals surface area contributed by atoms with Crippen LogP contribution in [-0.4, -0.2) is 45.0 Å². The summed E-state index contributed by atoms with van der Waals surface area (Å²) in [5.41, 5.74) is 1.37. The van der Waals surface area contributed by atoms with Gasteiger partial charge < -0.3 is 9.88 Å². The molecule has 1 amide bonds. The summed E-state index contributed by atoms with van der Waals surface area (Å²) in [4.78, 5) is 23.9. The number of likely N-dealkylation sites (tertiary alicyclic amines) is 1. The van der Waals surface area contributed by atoms with E-state index in [0.717, 1.165) is 63.9 Å². The molecular weight excluding hydrogens is 382 g/mol. The van der Waals surface area contributed by atoms with Crippen molar-refractivity contribution in [2.75, 3.05) is 19.6 Å². The number of piperidine rings is 1. The molecule has 2 aliphatic rings. The van der Waals surface area contributed by atoms with Crippen molar-refractivity contribution in [3.05, 3.63) is 48.0 Å². The fraction of sp³-hybridized carbons (Fsp3) is 0.500. The lowest BCUT2D eigenvalue weighted by atomic mass is 9.90. The molecule has 0 unspecified atom stereocenters. The fourth-order valence-electron chi connectivity index (χ4n) is 4.62. The Hall–Kier alpha value is -2.25. The van der Waals surface area contributed by atoms with Gasteiger partial charge in [-0.2, -0.15) is 0 Å². The molecule has 1 saturated carbocycles. The minimum absolute atomic E-state index is 0.223. The van der Waals surface area contributed by atoms with Crippen LogP contribution in [0, 0.1) is 11.3 Å². The number of imidazole rings is 1. The number of benzene rings is 1. The van der Waals surface area contributed by atoms with Crippen LogP contribution in [0.1, 0.15) is 30.7 Å². The lowest BCUT2D eigenvalue weighted by molar-refractivity contribution is -0.123. The Labute approximate surface area is 175 Å². The van der Waals surface area contributed by atoms with Gasteiger partial charge in [0, 0.05) is 31.4 Å². The molecule has 1 N–H and O–H groups in total. The van der Waals surface area contributed by atoms with Gasteiger partial charge in [0.25, 0.3) is 0 Å². The van der Waals surface area contributed by atoms with Crippen LogP contribution in [-0.2, 0) is 17.9 Å². The van der Waals surface area contributed by atoms with Crippen LogP contribution in [0.25, 0.3) is 10.2 Å². The topological polar surface area (TPSA) is 63.1 Å². The minimum Gasteiger partial charge on any atom is -0.356 e. The summed E-state index contributed by atoms with van der Waals surface area (Å²) in [5.74, 6) is 0.482. The normalized spacial score (nSPS) is 20.9. The molecule has 6 nitrogen and oxygen atoms in total. The summed E-state index contributed by atoms with van der Waals surface area (Å²) in [6, 6.07) is 8.35. The number of nitrogens with one attached hydrogen (secondary N) is 1. The molecule has 7 heteroatoms. The number of aryl methyl sites for hydroxylation is 1. The molecule has 0 radical (unpaired) electrons. The summed E-state index contributed by atoms with van der Waals surface area (Å²) in [6.07, 6.45) is 9.83. The van der Waals surface area contributed by atoms with Crippen LogP contribution in [0.3, 0.4) is 0 Å². The van der Waals surface area contributed by atoms with Crippen LogP contribution in [0.4, 0.5) is 0 Å². The predicted molar refractivity (Wildman–Crippen MR) is 115 cm³/mol. The van der Waals surface area contributed by atoms with E-state index in [9.17, 15) is 4.79 Å². The predicted octanol–water partition coefficient (Wildman–Crippen LogP) is 3.30. The SMILES string of the molecule is O=C(NCCCn1ccnc1)[C@@H]1CC12CCN(Cc1nc3ccccc3s1)CC2. The molecular formula is C22H27N5OS. The highest BCUT2D eigenvalue weighted by Gasteiger charge is 2.58. The van der Waals surface area contributed by atoms with Crippen molar-refractivity contribution in [1.29, 1.82) is 0 Å². The Morgan fingerprint density at radius 3 is 2.93 bits per heavy atom. The van der Waals surface area contributed by atoms with Gasteiger partial charge in [0.05, 0.1) is 23.1 Å². The zero-order valence-electron chi connectivity index (χ0n) is 16.6. The molecule has 1 atom stereocenters. The first-order valence-corrected chi connectivity index (χ1v) is 11.3. The maximum Gasteiger partial charge on any atom is 0.223 e. The van der Waals surface area contributed by atoms with Gasteiger partial charge in [0.1, 0.15) is 5.01 Å². The standard InChI is InChI=1S/C22H27N5OS/c28-21(24-8-3-10-27-13-9-23-16-27)17-14-22(17)6-11-26(12-7-22)15-20-25-18-4-1-2-5-19(18)29-20/h1-2,4-5,9,13,16-17H,3,6-8,10-12,14-15H2,(H,24,28)/t17-/m0/s1. The molecule has 5 rings (SSSR count). The van der Waals surface area contributed by atoms with E-state index in [1.54, 1.807) is 17.5 Å². The second-order valence-electron chi connectivity index (χ2n) is 8.42. The van der Waals surface area contributed by atoms with E-state index in [2.05, 4.69) is 33.4 Å². The highest BCUT2D eigenvalue weighted by Crippen LogP contribution is 2.59. The molecule has 29 heavy (non-hydrogen) atoms. The van der Waals surface area contributed by atoms with E-state index in [1.807, 2.05) is 23.2 Å². The maximum absolute atomic E-state index is 12.6. The van der Waals surface area contributed by atoms with Crippen molar-refractivity contribution in [3.8, 4) is 0 Å². The van der Waals surface area contributed by atoms with E-state index < -0.39 is 0 Å². The first-order chi connectivity index (χ1) is 14.2. The van der Waals surface area contributed by atoms with Crippen LogP contribution in [0.2, 0.25) is 0 Å². The van der Waals surface area contributed by atoms with Gasteiger partial charge in [-0.15, -0.1) is 11.3 Å². The van der Waals surface area contributed by atoms with Gasteiger partial charge in [-0.25, -0.2) is 9.97 Å². The van der Waals surface area contributed by atoms with Gasteiger partial charge in [-0.3, -0.25) is 9.69 Å². The number of carbonyl (C=O) groups excluding carboxylic acids is 1. The first-order valence-electron chi connectivity index (χ1n) is 10.5. The van der Waals surface area contributed by atoms with E-state index in [1.165, 1.54) is 9.71 Å². The lowest BCUT2D eigenvalue weighted by Gasteiger charge is -2.32. The molecule has 1 saturated heterocycles. The third-order valence-corrected chi connectivity index (χ3v) is 7.53. The lowest BCUT2D eigenvalue weighted by Crippen LogP contribution is -2.37. The summed E-state index contributed by atoms with van der Waals surface area (Å²) in [7, 11) is 0. The number of hydrogen-bond donors (Lipinski definition) is 1. The number of carbonyl (C=O) groups is 1.